The molecule has 3 nitrogen and oxygen atoms in total. The van der Waals surface area contributed by atoms with Gasteiger partial charge in [-0.1, -0.05) is 13.0 Å². The summed E-state index contributed by atoms with van der Waals surface area (Å²) in [5.74, 6) is 0.329. The quantitative estimate of drug-likeness (QED) is 0.931. The van der Waals surface area contributed by atoms with Gasteiger partial charge in [-0.05, 0) is 47.0 Å². The molecular formula is C13H17BrFN3. The van der Waals surface area contributed by atoms with Crippen molar-refractivity contribution in [2.24, 2.45) is 10.7 Å². The first-order valence-electron chi connectivity index (χ1n) is 6.07. The van der Waals surface area contributed by atoms with Crippen LogP contribution in [0.25, 0.3) is 0 Å². The lowest BCUT2D eigenvalue weighted by Gasteiger charge is -2.32. The molecular weight excluding hydrogens is 297 g/mol. The van der Waals surface area contributed by atoms with Gasteiger partial charge in [0.15, 0.2) is 5.96 Å². The second-order valence-corrected chi connectivity index (χ2v) is 5.41. The SMILES string of the molecule is CCC(C)N1C(N)=NCC1c1ccc(F)c(Br)c1. The van der Waals surface area contributed by atoms with Gasteiger partial charge in [0.1, 0.15) is 5.82 Å². The van der Waals surface area contributed by atoms with Crippen molar-refractivity contribution in [1.29, 1.82) is 0 Å². The van der Waals surface area contributed by atoms with E-state index in [4.69, 9.17) is 5.73 Å². The Bertz CT molecular complexity index is 475. The van der Waals surface area contributed by atoms with E-state index >= 15 is 0 Å². The predicted molar refractivity (Wildman–Crippen MR) is 74.9 cm³/mol. The van der Waals surface area contributed by atoms with Crippen LogP contribution in [0.4, 0.5) is 4.39 Å². The Hall–Kier alpha value is -1.10. The molecule has 0 aromatic heterocycles. The van der Waals surface area contributed by atoms with Crippen molar-refractivity contribution in [1.82, 2.24) is 4.90 Å². The summed E-state index contributed by atoms with van der Waals surface area (Å²) in [6, 6.07) is 5.52. The van der Waals surface area contributed by atoms with E-state index in [1.54, 1.807) is 6.07 Å². The van der Waals surface area contributed by atoms with Gasteiger partial charge in [-0.15, -0.1) is 0 Å². The molecule has 0 bridgehead atoms. The van der Waals surface area contributed by atoms with Gasteiger partial charge in [0.25, 0.3) is 0 Å². The summed E-state index contributed by atoms with van der Waals surface area (Å²) < 4.78 is 13.8. The molecule has 1 aliphatic rings. The molecule has 98 valence electrons. The highest BCUT2D eigenvalue weighted by Gasteiger charge is 2.30. The second-order valence-electron chi connectivity index (χ2n) is 4.55. The number of halogens is 2. The number of rotatable bonds is 3. The summed E-state index contributed by atoms with van der Waals surface area (Å²) >= 11 is 3.22. The third-order valence-electron chi connectivity index (χ3n) is 3.42. The molecule has 2 rings (SSSR count). The molecule has 5 heteroatoms. The topological polar surface area (TPSA) is 41.6 Å². The highest BCUT2D eigenvalue weighted by molar-refractivity contribution is 9.10. The molecule has 2 atom stereocenters. The standard InChI is InChI=1S/C13H17BrFN3/c1-3-8(2)18-12(7-17-13(18)16)9-4-5-11(15)10(14)6-9/h4-6,8,12H,3,7H2,1-2H3,(H2,16,17). The number of hydrogen-bond acceptors (Lipinski definition) is 3. The van der Waals surface area contributed by atoms with E-state index in [1.165, 1.54) is 6.07 Å². The molecule has 0 saturated heterocycles. The number of nitrogens with zero attached hydrogens (tertiary/aromatic N) is 2. The highest BCUT2D eigenvalue weighted by Crippen LogP contribution is 2.30. The van der Waals surface area contributed by atoms with Crippen molar-refractivity contribution in [2.45, 2.75) is 32.4 Å². The Morgan fingerprint density at radius 2 is 2.33 bits per heavy atom. The fourth-order valence-corrected chi connectivity index (χ4v) is 2.62. The van der Waals surface area contributed by atoms with E-state index in [2.05, 4.69) is 39.7 Å². The zero-order valence-corrected chi connectivity index (χ0v) is 12.1. The van der Waals surface area contributed by atoms with Gasteiger partial charge in [-0.25, -0.2) is 4.39 Å². The minimum Gasteiger partial charge on any atom is -0.370 e. The number of hydrogen-bond donors (Lipinski definition) is 1. The Balaban J connectivity index is 2.30. The number of benzene rings is 1. The summed E-state index contributed by atoms with van der Waals surface area (Å²) in [5.41, 5.74) is 6.98. The van der Waals surface area contributed by atoms with E-state index in [1.807, 2.05) is 6.07 Å². The van der Waals surface area contributed by atoms with Crippen LogP contribution in [0.2, 0.25) is 0 Å². The first-order valence-corrected chi connectivity index (χ1v) is 6.87. The normalized spacial score (nSPS) is 21.0. The Morgan fingerprint density at radius 3 is 2.94 bits per heavy atom. The van der Waals surface area contributed by atoms with E-state index in [0.717, 1.165) is 12.0 Å². The predicted octanol–water partition coefficient (Wildman–Crippen LogP) is 3.06. The molecule has 2 unspecified atom stereocenters. The van der Waals surface area contributed by atoms with Crippen LogP contribution in [-0.4, -0.2) is 23.4 Å². The number of nitrogens with two attached hydrogens (primary N) is 1. The molecule has 0 saturated carbocycles. The number of guanidine groups is 1. The molecule has 18 heavy (non-hydrogen) atoms. The molecule has 1 aromatic rings. The molecule has 0 radical (unpaired) electrons. The summed E-state index contributed by atoms with van der Waals surface area (Å²) in [6.07, 6.45) is 0.995. The van der Waals surface area contributed by atoms with Gasteiger partial charge in [0.05, 0.1) is 17.1 Å². The first kappa shape index (κ1) is 13.3. The Labute approximate surface area is 115 Å². The minimum absolute atomic E-state index is 0.108. The highest BCUT2D eigenvalue weighted by atomic mass is 79.9. The lowest BCUT2D eigenvalue weighted by molar-refractivity contribution is 0.268. The third kappa shape index (κ3) is 2.36. The molecule has 0 spiro atoms. The molecule has 1 aliphatic heterocycles. The van der Waals surface area contributed by atoms with Crippen LogP contribution in [0.5, 0.6) is 0 Å². The molecule has 0 fully saturated rings. The van der Waals surface area contributed by atoms with E-state index in [0.29, 0.717) is 23.0 Å². The van der Waals surface area contributed by atoms with Crippen molar-refractivity contribution < 1.29 is 4.39 Å². The average Bonchev–Trinajstić information content (AvgIpc) is 2.74. The Kier molecular flexibility index (Phi) is 3.90. The minimum atomic E-state index is -0.249. The van der Waals surface area contributed by atoms with Gasteiger partial charge < -0.3 is 10.6 Å². The maximum atomic E-state index is 13.3. The summed E-state index contributed by atoms with van der Waals surface area (Å²) in [4.78, 5) is 6.42. The third-order valence-corrected chi connectivity index (χ3v) is 4.03. The average molecular weight is 314 g/mol. The van der Waals surface area contributed by atoms with Crippen molar-refractivity contribution in [3.8, 4) is 0 Å². The summed E-state index contributed by atoms with van der Waals surface area (Å²) in [7, 11) is 0. The second kappa shape index (κ2) is 5.26. The van der Waals surface area contributed by atoms with Crippen LogP contribution in [0.1, 0.15) is 31.9 Å². The largest absolute Gasteiger partial charge is 0.370 e. The maximum Gasteiger partial charge on any atom is 0.192 e. The zero-order valence-electron chi connectivity index (χ0n) is 10.5. The van der Waals surface area contributed by atoms with Gasteiger partial charge in [-0.2, -0.15) is 0 Å². The van der Waals surface area contributed by atoms with E-state index in [9.17, 15) is 4.39 Å². The molecule has 0 amide bonds. The smallest absolute Gasteiger partial charge is 0.192 e. The van der Waals surface area contributed by atoms with Crippen LogP contribution in [0, 0.1) is 5.82 Å². The van der Waals surface area contributed by atoms with Gasteiger partial charge in [0.2, 0.25) is 0 Å². The fraction of sp³-hybridized carbons (Fsp3) is 0.462. The lowest BCUT2D eigenvalue weighted by Crippen LogP contribution is -2.42. The molecule has 2 N–H and O–H groups in total. The summed E-state index contributed by atoms with van der Waals surface area (Å²) in [5, 5.41) is 0. The van der Waals surface area contributed by atoms with Crippen molar-refractivity contribution in [3.05, 3.63) is 34.1 Å². The van der Waals surface area contributed by atoms with Gasteiger partial charge in [-0.3, -0.25) is 4.99 Å². The van der Waals surface area contributed by atoms with Crippen LogP contribution in [0.3, 0.4) is 0 Å². The zero-order chi connectivity index (χ0) is 13.3. The molecule has 1 aromatic carbocycles. The van der Waals surface area contributed by atoms with E-state index < -0.39 is 0 Å². The van der Waals surface area contributed by atoms with Gasteiger partial charge >= 0.3 is 0 Å². The van der Waals surface area contributed by atoms with Crippen molar-refractivity contribution in [2.75, 3.05) is 6.54 Å². The van der Waals surface area contributed by atoms with Crippen LogP contribution in [0.15, 0.2) is 27.7 Å². The fourth-order valence-electron chi connectivity index (χ4n) is 2.22. The monoisotopic (exact) mass is 313 g/mol. The number of aliphatic imine (C=N–C) groups is 1. The van der Waals surface area contributed by atoms with E-state index in [-0.39, 0.29) is 11.9 Å². The molecule has 0 aliphatic carbocycles. The van der Waals surface area contributed by atoms with Crippen LogP contribution < -0.4 is 5.73 Å². The Morgan fingerprint density at radius 1 is 1.61 bits per heavy atom. The van der Waals surface area contributed by atoms with Gasteiger partial charge in [0, 0.05) is 6.04 Å². The lowest BCUT2D eigenvalue weighted by atomic mass is 10.0. The van der Waals surface area contributed by atoms with Crippen LogP contribution >= 0.6 is 15.9 Å². The first-order chi connectivity index (χ1) is 8.54. The van der Waals surface area contributed by atoms with Crippen molar-refractivity contribution in [3.63, 3.8) is 0 Å². The summed E-state index contributed by atoms with van der Waals surface area (Å²) in [6.45, 7) is 4.88. The van der Waals surface area contributed by atoms with Crippen LogP contribution in [-0.2, 0) is 0 Å². The molecule has 1 heterocycles. The maximum absolute atomic E-state index is 13.3. The van der Waals surface area contributed by atoms with Crippen molar-refractivity contribution >= 4 is 21.9 Å².